The van der Waals surface area contributed by atoms with E-state index in [2.05, 4.69) is 21.8 Å². The van der Waals surface area contributed by atoms with Crippen molar-refractivity contribution in [3.8, 4) is 22.8 Å². The second kappa shape index (κ2) is 7.19. The highest BCUT2D eigenvalue weighted by molar-refractivity contribution is 7.99. The molecule has 0 saturated heterocycles. The minimum absolute atomic E-state index is 0.663. The lowest BCUT2D eigenvalue weighted by atomic mass is 10.1. The van der Waals surface area contributed by atoms with Crippen LogP contribution in [0.1, 0.15) is 5.01 Å². The smallest absolute Gasteiger partial charge is 0.161 e. The number of methoxy groups -OCH3 is 2. The average Bonchev–Trinajstić information content (AvgIpc) is 3.00. The fraction of sp³-hybridized carbons (Fsp3) is 0.235. The maximum atomic E-state index is 5.39. The van der Waals surface area contributed by atoms with Gasteiger partial charge in [-0.15, -0.1) is 28.1 Å². The molecule has 0 unspecified atom stereocenters. The number of rotatable bonds is 6. The Morgan fingerprint density at radius 3 is 2.71 bits per heavy atom. The van der Waals surface area contributed by atoms with Gasteiger partial charge in [-0.3, -0.25) is 0 Å². The largest absolute Gasteiger partial charge is 0.493 e. The summed E-state index contributed by atoms with van der Waals surface area (Å²) >= 11 is 3.21. The van der Waals surface area contributed by atoms with Crippen molar-refractivity contribution in [1.82, 2.24) is 15.2 Å². The molecule has 3 rings (SSSR count). The molecule has 24 heavy (non-hydrogen) atoms. The Labute approximate surface area is 148 Å². The second-order valence-electron chi connectivity index (χ2n) is 4.93. The van der Waals surface area contributed by atoms with E-state index < -0.39 is 0 Å². The van der Waals surface area contributed by atoms with Gasteiger partial charge >= 0.3 is 0 Å². The van der Waals surface area contributed by atoms with Crippen LogP contribution >= 0.6 is 23.1 Å². The second-order valence-corrected chi connectivity index (χ2v) is 7.15. The van der Waals surface area contributed by atoms with E-state index in [0.717, 1.165) is 37.3 Å². The van der Waals surface area contributed by atoms with Crippen LogP contribution in [0.25, 0.3) is 21.5 Å². The summed E-state index contributed by atoms with van der Waals surface area (Å²) in [6, 6.07) is 5.74. The van der Waals surface area contributed by atoms with Crippen LogP contribution in [0.15, 0.2) is 35.9 Å². The molecule has 5 nitrogen and oxygen atoms in total. The highest BCUT2D eigenvalue weighted by Gasteiger charge is 2.17. The van der Waals surface area contributed by atoms with E-state index in [1.54, 1.807) is 37.3 Å². The first-order valence-corrected chi connectivity index (χ1v) is 9.08. The normalized spacial score (nSPS) is 10.8. The van der Waals surface area contributed by atoms with E-state index >= 15 is 0 Å². The number of fused-ring (bicyclic) bond motifs is 1. The van der Waals surface area contributed by atoms with Gasteiger partial charge in [-0.05, 0) is 25.1 Å². The molecule has 0 aliphatic heterocycles. The van der Waals surface area contributed by atoms with Crippen molar-refractivity contribution >= 4 is 33.3 Å². The summed E-state index contributed by atoms with van der Waals surface area (Å²) in [5.41, 5.74) is 2.62. The maximum Gasteiger partial charge on any atom is 0.161 e. The van der Waals surface area contributed by atoms with Crippen molar-refractivity contribution in [1.29, 1.82) is 0 Å². The highest BCUT2D eigenvalue weighted by Crippen LogP contribution is 2.38. The Morgan fingerprint density at radius 2 is 2.00 bits per heavy atom. The van der Waals surface area contributed by atoms with E-state index in [-0.39, 0.29) is 0 Å². The zero-order valence-electron chi connectivity index (χ0n) is 13.7. The summed E-state index contributed by atoms with van der Waals surface area (Å²) in [5, 5.41) is 10.6. The van der Waals surface area contributed by atoms with E-state index in [0.29, 0.717) is 11.5 Å². The molecule has 0 fully saturated rings. The molecule has 0 radical (unpaired) electrons. The number of hydrogen-bond acceptors (Lipinski definition) is 7. The minimum Gasteiger partial charge on any atom is -0.493 e. The fourth-order valence-electron chi connectivity index (χ4n) is 2.33. The van der Waals surface area contributed by atoms with Gasteiger partial charge in [0.1, 0.15) is 16.2 Å². The van der Waals surface area contributed by atoms with Gasteiger partial charge in [-0.25, -0.2) is 4.98 Å². The van der Waals surface area contributed by atoms with Crippen molar-refractivity contribution < 1.29 is 9.47 Å². The first-order valence-electron chi connectivity index (χ1n) is 7.27. The minimum atomic E-state index is 0.663. The molecule has 0 saturated carbocycles. The van der Waals surface area contributed by atoms with Crippen molar-refractivity contribution in [3.63, 3.8) is 0 Å². The average molecular weight is 359 g/mol. The standard InChI is InChI=1S/C17H17N3O2S2/c1-5-8-23-17-15-16(24-10(2)18-15)14(19-20-17)11-6-7-12(21-3)13(9-11)22-4/h5-7,9H,1,8H2,2-4H3. The lowest BCUT2D eigenvalue weighted by Crippen LogP contribution is -1.95. The van der Waals surface area contributed by atoms with Crippen LogP contribution in [0, 0.1) is 6.92 Å². The number of thiazole rings is 1. The van der Waals surface area contributed by atoms with Gasteiger partial charge in [-0.1, -0.05) is 17.8 Å². The molecular weight excluding hydrogens is 342 g/mol. The van der Waals surface area contributed by atoms with Crippen LogP contribution in [0.2, 0.25) is 0 Å². The third-order valence-corrected chi connectivity index (χ3v) is 5.32. The predicted octanol–water partition coefficient (Wildman–Crippen LogP) is 4.36. The Hall–Kier alpha value is -2.12. The molecule has 2 heterocycles. The topological polar surface area (TPSA) is 57.1 Å². The number of aryl methyl sites for hydroxylation is 1. The van der Waals surface area contributed by atoms with Crippen molar-refractivity contribution in [2.75, 3.05) is 20.0 Å². The van der Waals surface area contributed by atoms with Crippen molar-refractivity contribution in [2.45, 2.75) is 11.9 Å². The van der Waals surface area contributed by atoms with Crippen LogP contribution in [-0.4, -0.2) is 35.2 Å². The highest BCUT2D eigenvalue weighted by atomic mass is 32.2. The lowest BCUT2D eigenvalue weighted by molar-refractivity contribution is 0.355. The molecule has 0 amide bonds. The van der Waals surface area contributed by atoms with Gasteiger partial charge < -0.3 is 9.47 Å². The summed E-state index contributed by atoms with van der Waals surface area (Å²) in [4.78, 5) is 4.63. The van der Waals surface area contributed by atoms with E-state index in [1.807, 2.05) is 31.2 Å². The van der Waals surface area contributed by atoms with Crippen LogP contribution in [0.5, 0.6) is 11.5 Å². The van der Waals surface area contributed by atoms with Gasteiger partial charge in [-0.2, -0.15) is 0 Å². The van der Waals surface area contributed by atoms with Crippen molar-refractivity contribution in [2.24, 2.45) is 0 Å². The van der Waals surface area contributed by atoms with Gasteiger partial charge in [0.15, 0.2) is 11.5 Å². The summed E-state index contributed by atoms with van der Waals surface area (Å²) in [5.74, 6) is 2.12. The van der Waals surface area contributed by atoms with Gasteiger partial charge in [0.2, 0.25) is 0 Å². The number of aromatic nitrogens is 3. The molecule has 0 aliphatic rings. The Morgan fingerprint density at radius 1 is 1.21 bits per heavy atom. The summed E-state index contributed by atoms with van der Waals surface area (Å²) in [7, 11) is 3.24. The van der Waals surface area contributed by atoms with Crippen LogP contribution in [0.4, 0.5) is 0 Å². The number of ether oxygens (including phenoxy) is 2. The van der Waals surface area contributed by atoms with E-state index in [4.69, 9.17) is 9.47 Å². The van der Waals surface area contributed by atoms with Crippen LogP contribution < -0.4 is 9.47 Å². The Bertz CT molecular complexity index is 893. The first-order chi connectivity index (χ1) is 11.7. The van der Waals surface area contributed by atoms with Gasteiger partial charge in [0.25, 0.3) is 0 Å². The summed E-state index contributed by atoms with van der Waals surface area (Å²) < 4.78 is 11.7. The number of benzene rings is 1. The van der Waals surface area contributed by atoms with Crippen molar-refractivity contribution in [3.05, 3.63) is 35.9 Å². The molecule has 0 N–H and O–H groups in total. The molecule has 7 heteroatoms. The number of hydrogen-bond donors (Lipinski definition) is 0. The zero-order valence-corrected chi connectivity index (χ0v) is 15.3. The van der Waals surface area contributed by atoms with Gasteiger partial charge in [0.05, 0.1) is 23.9 Å². The molecule has 124 valence electrons. The lowest BCUT2D eigenvalue weighted by Gasteiger charge is -2.09. The molecule has 2 aromatic heterocycles. The predicted molar refractivity (Wildman–Crippen MR) is 99.4 cm³/mol. The monoisotopic (exact) mass is 359 g/mol. The molecule has 0 atom stereocenters. The van der Waals surface area contributed by atoms with Gasteiger partial charge in [0, 0.05) is 11.3 Å². The first kappa shape index (κ1) is 16.7. The van der Waals surface area contributed by atoms with Crippen LogP contribution in [-0.2, 0) is 0 Å². The molecule has 0 spiro atoms. The SMILES string of the molecule is C=CCSc1nnc(-c2ccc(OC)c(OC)c2)c2sc(C)nc12. The third kappa shape index (κ3) is 3.09. The quantitative estimate of drug-likeness (QED) is 0.481. The maximum absolute atomic E-state index is 5.39. The van der Waals surface area contributed by atoms with Crippen LogP contribution in [0.3, 0.4) is 0 Å². The Balaban J connectivity index is 2.15. The van der Waals surface area contributed by atoms with E-state index in [1.165, 1.54) is 0 Å². The zero-order chi connectivity index (χ0) is 17.1. The number of thioether (sulfide) groups is 1. The van der Waals surface area contributed by atoms with E-state index in [9.17, 15) is 0 Å². The summed E-state index contributed by atoms with van der Waals surface area (Å²) in [6.07, 6.45) is 1.85. The summed E-state index contributed by atoms with van der Waals surface area (Å²) in [6.45, 7) is 5.74. The Kier molecular flexibility index (Phi) is 5.01. The molecule has 3 aromatic rings. The number of nitrogens with zero attached hydrogens (tertiary/aromatic N) is 3. The molecule has 0 aliphatic carbocycles. The fourth-order valence-corrected chi connectivity index (χ4v) is 3.98. The molecular formula is C17H17N3O2S2. The third-order valence-electron chi connectivity index (χ3n) is 3.39. The molecule has 0 bridgehead atoms. The molecule has 1 aromatic carbocycles.